The summed E-state index contributed by atoms with van der Waals surface area (Å²) in [6, 6.07) is 0.957. The van der Waals surface area contributed by atoms with Gasteiger partial charge in [0.2, 0.25) is 0 Å². The standard InChI is InChI=1S/C19H43NO4Si2/c1-16(2)26(17(3)4,18(5)6)24-19(21)12-14-20(7)13-11-15-25(10,22-8)23-9/h16-18H,11-15H2,1-10H3. The van der Waals surface area contributed by atoms with Crippen LogP contribution < -0.4 is 0 Å². The third kappa shape index (κ3) is 7.42. The van der Waals surface area contributed by atoms with Gasteiger partial charge in [-0.05, 0) is 49.2 Å². The highest BCUT2D eigenvalue weighted by Crippen LogP contribution is 2.42. The molecule has 26 heavy (non-hydrogen) atoms. The first-order valence-electron chi connectivity index (χ1n) is 9.95. The third-order valence-electron chi connectivity index (χ3n) is 5.73. The molecule has 5 nitrogen and oxygen atoms in total. The topological polar surface area (TPSA) is 48.0 Å². The van der Waals surface area contributed by atoms with Crippen LogP contribution in [-0.2, 0) is 18.1 Å². The molecule has 0 saturated heterocycles. The van der Waals surface area contributed by atoms with Crippen LogP contribution in [0.1, 0.15) is 54.4 Å². The second kappa shape index (κ2) is 11.6. The Labute approximate surface area is 164 Å². The van der Waals surface area contributed by atoms with Crippen molar-refractivity contribution in [2.24, 2.45) is 0 Å². The van der Waals surface area contributed by atoms with E-state index < -0.39 is 16.9 Å². The van der Waals surface area contributed by atoms with Crippen LogP contribution in [0.25, 0.3) is 0 Å². The van der Waals surface area contributed by atoms with Gasteiger partial charge in [0.05, 0.1) is 6.42 Å². The van der Waals surface area contributed by atoms with Gasteiger partial charge >= 0.3 is 8.56 Å². The van der Waals surface area contributed by atoms with E-state index in [-0.39, 0.29) is 5.97 Å². The Morgan fingerprint density at radius 1 is 0.923 bits per heavy atom. The van der Waals surface area contributed by atoms with Gasteiger partial charge in [-0.25, -0.2) is 0 Å². The van der Waals surface area contributed by atoms with Gasteiger partial charge < -0.3 is 18.2 Å². The molecule has 0 aromatic rings. The van der Waals surface area contributed by atoms with E-state index in [0.717, 1.165) is 25.6 Å². The molecular formula is C19H43NO4Si2. The van der Waals surface area contributed by atoms with Gasteiger partial charge in [-0.3, -0.25) is 4.79 Å². The summed E-state index contributed by atoms with van der Waals surface area (Å²) in [5.41, 5.74) is 1.28. The van der Waals surface area contributed by atoms with Crippen molar-refractivity contribution in [3.05, 3.63) is 0 Å². The third-order valence-corrected chi connectivity index (χ3v) is 14.7. The van der Waals surface area contributed by atoms with Crippen molar-refractivity contribution < 1.29 is 18.1 Å². The molecule has 0 aromatic heterocycles. The van der Waals surface area contributed by atoms with Crippen LogP contribution in [0, 0.1) is 0 Å². The Morgan fingerprint density at radius 3 is 1.77 bits per heavy atom. The van der Waals surface area contributed by atoms with Gasteiger partial charge in [0, 0.05) is 20.8 Å². The highest BCUT2D eigenvalue weighted by Gasteiger charge is 2.48. The second-order valence-corrected chi connectivity index (χ2v) is 17.5. The maximum Gasteiger partial charge on any atom is 0.334 e. The highest BCUT2D eigenvalue weighted by atomic mass is 28.4. The van der Waals surface area contributed by atoms with Crippen LogP contribution in [0.5, 0.6) is 0 Å². The number of nitrogens with zero attached hydrogens (tertiary/aromatic N) is 1. The number of carbonyl (C=O) groups is 1. The zero-order valence-electron chi connectivity index (χ0n) is 18.8. The molecule has 0 heterocycles. The normalized spacial score (nSPS) is 13.3. The minimum absolute atomic E-state index is 0.0346. The van der Waals surface area contributed by atoms with Crippen molar-refractivity contribution in [1.29, 1.82) is 0 Å². The Bertz CT molecular complexity index is 391. The van der Waals surface area contributed by atoms with Crippen LogP contribution in [0.3, 0.4) is 0 Å². The van der Waals surface area contributed by atoms with Gasteiger partial charge in [0.25, 0.3) is 14.3 Å². The van der Waals surface area contributed by atoms with E-state index >= 15 is 0 Å². The van der Waals surface area contributed by atoms with Crippen molar-refractivity contribution in [3.8, 4) is 0 Å². The zero-order valence-corrected chi connectivity index (χ0v) is 20.8. The lowest BCUT2D eigenvalue weighted by Crippen LogP contribution is -2.49. The molecular weight excluding hydrogens is 362 g/mol. The molecule has 0 unspecified atom stereocenters. The molecule has 0 saturated carbocycles. The molecule has 0 amide bonds. The fourth-order valence-electron chi connectivity index (χ4n) is 3.95. The SMILES string of the molecule is CO[Si](C)(CCCN(C)CCC(=O)O[Si](C(C)C)(C(C)C)C(C)C)OC. The monoisotopic (exact) mass is 405 g/mol. The summed E-state index contributed by atoms with van der Waals surface area (Å²) in [7, 11) is 1.40. The van der Waals surface area contributed by atoms with Crippen LogP contribution in [0.15, 0.2) is 0 Å². The predicted octanol–water partition coefficient (Wildman–Crippen LogP) is 4.78. The molecule has 0 aliphatic rings. The van der Waals surface area contributed by atoms with Crippen LogP contribution in [0.2, 0.25) is 29.2 Å². The van der Waals surface area contributed by atoms with E-state index in [1.165, 1.54) is 0 Å². The van der Waals surface area contributed by atoms with Crippen molar-refractivity contribution >= 4 is 22.8 Å². The molecule has 7 heteroatoms. The van der Waals surface area contributed by atoms with Gasteiger partial charge in [0.1, 0.15) is 0 Å². The number of hydrogen-bond donors (Lipinski definition) is 0. The molecule has 0 N–H and O–H groups in total. The molecule has 156 valence electrons. The highest BCUT2D eigenvalue weighted by molar-refractivity contribution is 6.78. The average Bonchev–Trinajstić information content (AvgIpc) is 2.56. The van der Waals surface area contributed by atoms with Crippen molar-refractivity contribution in [2.75, 3.05) is 34.4 Å². The Kier molecular flexibility index (Phi) is 11.5. The van der Waals surface area contributed by atoms with E-state index in [1.807, 2.05) is 0 Å². The molecule has 0 atom stereocenters. The maximum atomic E-state index is 12.6. The minimum Gasteiger partial charge on any atom is -0.518 e. The largest absolute Gasteiger partial charge is 0.518 e. The van der Waals surface area contributed by atoms with Gasteiger partial charge in [-0.1, -0.05) is 41.5 Å². The fraction of sp³-hybridized carbons (Fsp3) is 0.947. The predicted molar refractivity (Wildman–Crippen MR) is 114 cm³/mol. The first-order chi connectivity index (χ1) is 11.9. The molecule has 0 fully saturated rings. The summed E-state index contributed by atoms with van der Waals surface area (Å²) < 4.78 is 17.2. The quantitative estimate of drug-likeness (QED) is 0.413. The van der Waals surface area contributed by atoms with Gasteiger partial charge in [0.15, 0.2) is 0 Å². The van der Waals surface area contributed by atoms with E-state index in [9.17, 15) is 4.79 Å². The summed E-state index contributed by atoms with van der Waals surface area (Å²) in [6.45, 7) is 17.0. The van der Waals surface area contributed by atoms with E-state index in [1.54, 1.807) is 14.2 Å². The molecule has 0 aliphatic carbocycles. The van der Waals surface area contributed by atoms with Crippen LogP contribution >= 0.6 is 0 Å². The van der Waals surface area contributed by atoms with Crippen molar-refractivity contribution in [3.63, 3.8) is 0 Å². The zero-order chi connectivity index (χ0) is 20.5. The summed E-state index contributed by atoms with van der Waals surface area (Å²) in [5, 5.41) is 0. The molecule has 0 bridgehead atoms. The van der Waals surface area contributed by atoms with Crippen LogP contribution in [-0.4, -0.2) is 62.1 Å². The molecule has 0 aliphatic heterocycles. The second-order valence-electron chi connectivity index (χ2n) is 8.49. The van der Waals surface area contributed by atoms with Gasteiger partial charge in [-0.15, -0.1) is 0 Å². The number of hydrogen-bond acceptors (Lipinski definition) is 5. The Balaban J connectivity index is 4.51. The van der Waals surface area contributed by atoms with Gasteiger partial charge in [-0.2, -0.15) is 0 Å². The molecule has 0 aromatic carbocycles. The van der Waals surface area contributed by atoms with Crippen molar-refractivity contribution in [2.45, 2.75) is 83.6 Å². The number of rotatable bonds is 13. The first kappa shape index (κ1) is 25.8. The Morgan fingerprint density at radius 2 is 1.38 bits per heavy atom. The lowest BCUT2D eigenvalue weighted by molar-refractivity contribution is -0.136. The van der Waals surface area contributed by atoms with E-state index in [4.69, 9.17) is 13.3 Å². The lowest BCUT2D eigenvalue weighted by atomic mass is 10.3. The van der Waals surface area contributed by atoms with Crippen LogP contribution in [0.4, 0.5) is 0 Å². The minimum atomic E-state index is -2.12. The first-order valence-corrected chi connectivity index (χ1v) is 14.6. The molecule has 0 rings (SSSR count). The summed E-state index contributed by atoms with van der Waals surface area (Å²) in [5.74, 6) is -0.0346. The summed E-state index contributed by atoms with van der Waals surface area (Å²) >= 11 is 0. The summed E-state index contributed by atoms with van der Waals surface area (Å²) in [4.78, 5) is 14.8. The fourth-order valence-corrected chi connectivity index (χ4v) is 10.5. The molecule has 0 spiro atoms. The van der Waals surface area contributed by atoms with E-state index in [2.05, 4.69) is 60.0 Å². The number of carbonyl (C=O) groups excluding carboxylic acids is 1. The lowest BCUT2D eigenvalue weighted by Gasteiger charge is -2.41. The van der Waals surface area contributed by atoms with Crippen molar-refractivity contribution in [1.82, 2.24) is 4.90 Å². The smallest absolute Gasteiger partial charge is 0.334 e. The average molecular weight is 406 g/mol. The maximum absolute atomic E-state index is 12.6. The Hall–Kier alpha value is -0.216. The molecule has 0 radical (unpaired) electrons. The van der Waals surface area contributed by atoms with E-state index in [0.29, 0.717) is 23.0 Å². The summed E-state index contributed by atoms with van der Waals surface area (Å²) in [6.07, 6.45) is 1.47.